The predicted molar refractivity (Wildman–Crippen MR) is 109 cm³/mol. The van der Waals surface area contributed by atoms with Crippen LogP contribution in [0.5, 0.6) is 0 Å². The number of aryl methyl sites for hydroxylation is 1. The quantitative estimate of drug-likeness (QED) is 0.786. The molecule has 1 aromatic rings. The molecule has 7 heteroatoms. The fourth-order valence-corrected chi connectivity index (χ4v) is 5.06. The van der Waals surface area contributed by atoms with Crippen LogP contribution in [0.3, 0.4) is 0 Å². The first-order chi connectivity index (χ1) is 13.6. The molecule has 3 heterocycles. The molecule has 28 heavy (non-hydrogen) atoms. The number of carbonyl (C=O) groups is 1. The van der Waals surface area contributed by atoms with Gasteiger partial charge in [0.15, 0.2) is 0 Å². The van der Waals surface area contributed by atoms with E-state index in [4.69, 9.17) is 0 Å². The predicted octanol–water partition coefficient (Wildman–Crippen LogP) is 1.47. The zero-order chi connectivity index (χ0) is 19.5. The highest BCUT2D eigenvalue weighted by Gasteiger charge is 2.32. The number of anilines is 1. The summed E-state index contributed by atoms with van der Waals surface area (Å²) in [5, 5.41) is 4.13. The van der Waals surface area contributed by atoms with Gasteiger partial charge < -0.3 is 9.80 Å². The molecule has 0 aromatic carbocycles. The monoisotopic (exact) mass is 387 g/mol. The molecular formula is C21H33N5O2. The zero-order valence-corrected chi connectivity index (χ0v) is 17.1. The van der Waals surface area contributed by atoms with Gasteiger partial charge in [0.25, 0.3) is 5.56 Å². The van der Waals surface area contributed by atoms with Crippen LogP contribution in [0, 0.1) is 5.92 Å². The van der Waals surface area contributed by atoms with Crippen LogP contribution in [-0.2, 0) is 11.8 Å². The summed E-state index contributed by atoms with van der Waals surface area (Å²) in [6.45, 7) is 5.33. The normalized spacial score (nSPS) is 25.1. The van der Waals surface area contributed by atoms with Gasteiger partial charge in [-0.2, -0.15) is 5.10 Å². The number of aromatic nitrogens is 2. The van der Waals surface area contributed by atoms with E-state index in [0.717, 1.165) is 57.3 Å². The Labute approximate surface area is 167 Å². The van der Waals surface area contributed by atoms with E-state index in [1.165, 1.54) is 36.8 Å². The van der Waals surface area contributed by atoms with Gasteiger partial charge in [-0.05, 0) is 25.7 Å². The van der Waals surface area contributed by atoms with E-state index >= 15 is 0 Å². The molecule has 0 N–H and O–H groups in total. The summed E-state index contributed by atoms with van der Waals surface area (Å²) < 4.78 is 1.34. The van der Waals surface area contributed by atoms with Crippen LogP contribution in [0.4, 0.5) is 5.69 Å². The summed E-state index contributed by atoms with van der Waals surface area (Å²) in [5.41, 5.74) is 0.729. The van der Waals surface area contributed by atoms with Crippen LogP contribution in [0.2, 0.25) is 0 Å². The number of hydrogen-bond donors (Lipinski definition) is 0. The van der Waals surface area contributed by atoms with Crippen molar-refractivity contribution < 1.29 is 4.79 Å². The van der Waals surface area contributed by atoms with Gasteiger partial charge in [-0.1, -0.05) is 19.3 Å². The van der Waals surface area contributed by atoms with Crippen LogP contribution in [0.1, 0.15) is 44.9 Å². The number of piperazine rings is 1. The second-order valence-corrected chi connectivity index (χ2v) is 8.61. The molecule has 4 rings (SSSR count). The molecule has 1 atom stereocenters. The zero-order valence-electron chi connectivity index (χ0n) is 17.1. The minimum atomic E-state index is -0.107. The third kappa shape index (κ3) is 4.24. The molecule has 0 radical (unpaired) electrons. The highest BCUT2D eigenvalue weighted by atomic mass is 16.2. The Morgan fingerprint density at radius 1 is 1.00 bits per heavy atom. The molecule has 0 bridgehead atoms. The largest absolute Gasteiger partial charge is 0.369 e. The van der Waals surface area contributed by atoms with E-state index < -0.39 is 0 Å². The lowest BCUT2D eigenvalue weighted by Crippen LogP contribution is -2.54. The Morgan fingerprint density at radius 3 is 2.46 bits per heavy atom. The highest BCUT2D eigenvalue weighted by Crippen LogP contribution is 2.26. The molecule has 3 aliphatic rings. The topological polar surface area (TPSA) is 61.7 Å². The van der Waals surface area contributed by atoms with Crippen LogP contribution in [0.15, 0.2) is 17.1 Å². The Kier molecular flexibility index (Phi) is 5.99. The smallest absolute Gasteiger partial charge is 0.268 e. The first-order valence-corrected chi connectivity index (χ1v) is 10.9. The van der Waals surface area contributed by atoms with Gasteiger partial charge in [0.2, 0.25) is 5.91 Å². The first kappa shape index (κ1) is 19.4. The van der Waals surface area contributed by atoms with Crippen molar-refractivity contribution in [2.75, 3.05) is 44.2 Å². The Morgan fingerprint density at radius 2 is 1.75 bits per heavy atom. The maximum Gasteiger partial charge on any atom is 0.268 e. The number of carbonyl (C=O) groups excluding carboxylic acids is 1. The highest BCUT2D eigenvalue weighted by molar-refractivity contribution is 5.80. The summed E-state index contributed by atoms with van der Waals surface area (Å²) in [6.07, 6.45) is 10.4. The molecule has 7 nitrogen and oxygen atoms in total. The van der Waals surface area contributed by atoms with E-state index in [1.807, 2.05) is 0 Å². The minimum Gasteiger partial charge on any atom is -0.369 e. The van der Waals surface area contributed by atoms with Crippen LogP contribution >= 0.6 is 0 Å². The molecule has 1 amide bonds. The van der Waals surface area contributed by atoms with E-state index in [2.05, 4.69) is 19.8 Å². The molecule has 2 aliphatic heterocycles. The van der Waals surface area contributed by atoms with Crippen LogP contribution < -0.4 is 10.5 Å². The lowest BCUT2D eigenvalue weighted by molar-refractivity contribution is -0.138. The number of piperidine rings is 1. The molecule has 1 aromatic heterocycles. The average Bonchev–Trinajstić information content (AvgIpc) is 2.76. The van der Waals surface area contributed by atoms with E-state index in [9.17, 15) is 9.59 Å². The average molecular weight is 388 g/mol. The second kappa shape index (κ2) is 8.64. The third-order valence-electron chi connectivity index (χ3n) is 6.81. The molecule has 154 valence electrons. The first-order valence-electron chi connectivity index (χ1n) is 10.9. The third-order valence-corrected chi connectivity index (χ3v) is 6.81. The van der Waals surface area contributed by atoms with Gasteiger partial charge in [-0.3, -0.25) is 14.5 Å². The summed E-state index contributed by atoms with van der Waals surface area (Å²) in [5.74, 6) is 0.323. The van der Waals surface area contributed by atoms with Gasteiger partial charge in [0.05, 0.1) is 17.8 Å². The second-order valence-electron chi connectivity index (χ2n) is 8.61. The van der Waals surface area contributed by atoms with E-state index in [-0.39, 0.29) is 11.5 Å². The van der Waals surface area contributed by atoms with Crippen molar-refractivity contribution in [3.63, 3.8) is 0 Å². The van der Waals surface area contributed by atoms with Crippen molar-refractivity contribution in [2.24, 2.45) is 13.0 Å². The number of hydrogen-bond acceptors (Lipinski definition) is 5. The molecular weight excluding hydrogens is 354 g/mol. The molecule has 0 spiro atoms. The molecule has 1 aliphatic carbocycles. The summed E-state index contributed by atoms with van der Waals surface area (Å²) in [6, 6.07) is 2.37. The van der Waals surface area contributed by atoms with Gasteiger partial charge in [-0.15, -0.1) is 0 Å². The Bertz CT molecular complexity index is 735. The maximum atomic E-state index is 13.1. The van der Waals surface area contributed by atoms with Crippen molar-refractivity contribution in [1.82, 2.24) is 19.6 Å². The molecule has 3 fully saturated rings. The lowest BCUT2D eigenvalue weighted by Gasteiger charge is -2.42. The number of rotatable bonds is 3. The fourth-order valence-electron chi connectivity index (χ4n) is 5.06. The van der Waals surface area contributed by atoms with E-state index in [1.54, 1.807) is 19.3 Å². The van der Waals surface area contributed by atoms with Crippen LogP contribution in [0.25, 0.3) is 0 Å². The lowest BCUT2D eigenvalue weighted by atomic mass is 9.93. The van der Waals surface area contributed by atoms with Crippen molar-refractivity contribution in [3.8, 4) is 0 Å². The van der Waals surface area contributed by atoms with Crippen LogP contribution in [-0.4, -0.2) is 70.8 Å². The summed E-state index contributed by atoms with van der Waals surface area (Å²) >= 11 is 0. The van der Waals surface area contributed by atoms with E-state index in [0.29, 0.717) is 12.5 Å². The van der Waals surface area contributed by atoms with Gasteiger partial charge >= 0.3 is 0 Å². The molecule has 2 saturated heterocycles. The standard InChI is InChI=1S/C21H33N5O2/c1-23-20(27)14-19(15-22-23)26-9-5-6-17(16-26)21(28)25-12-10-24(11-13-25)18-7-3-2-4-8-18/h14-15,17-18H,2-13,16H2,1H3/t17-/m1/s1. The molecule has 0 unspecified atom stereocenters. The summed E-state index contributed by atoms with van der Waals surface area (Å²) in [7, 11) is 1.65. The fraction of sp³-hybridized carbons (Fsp3) is 0.762. The maximum absolute atomic E-state index is 13.1. The van der Waals surface area contributed by atoms with Crippen molar-refractivity contribution in [2.45, 2.75) is 51.0 Å². The minimum absolute atomic E-state index is 0.0269. The van der Waals surface area contributed by atoms with Crippen molar-refractivity contribution >= 4 is 11.6 Å². The SMILES string of the molecule is Cn1ncc(N2CCC[C@@H](C(=O)N3CCN(C4CCCCC4)CC3)C2)cc1=O. The number of nitrogens with zero attached hydrogens (tertiary/aromatic N) is 5. The van der Waals surface area contributed by atoms with Gasteiger partial charge in [0, 0.05) is 58.4 Å². The van der Waals surface area contributed by atoms with Gasteiger partial charge in [0.1, 0.15) is 0 Å². The van der Waals surface area contributed by atoms with Gasteiger partial charge in [-0.25, -0.2) is 4.68 Å². The summed E-state index contributed by atoms with van der Waals surface area (Å²) in [4.78, 5) is 31.9. The number of amides is 1. The van der Waals surface area contributed by atoms with Crippen molar-refractivity contribution in [3.05, 3.63) is 22.6 Å². The Hall–Kier alpha value is -1.89. The Balaban J connectivity index is 1.33. The molecule has 1 saturated carbocycles. The van der Waals surface area contributed by atoms with Crippen molar-refractivity contribution in [1.29, 1.82) is 0 Å².